The van der Waals surface area contributed by atoms with Crippen LogP contribution in [0.1, 0.15) is 27.7 Å². The summed E-state index contributed by atoms with van der Waals surface area (Å²) in [7, 11) is 1.46. The molecule has 0 fully saturated rings. The smallest absolute Gasteiger partial charge is 0.408 e. The van der Waals surface area contributed by atoms with E-state index in [9.17, 15) is 19.2 Å². The van der Waals surface area contributed by atoms with E-state index in [0.29, 0.717) is 0 Å². The Labute approximate surface area is 154 Å². The monoisotopic (exact) mass is 371 g/mol. The molecule has 0 aliphatic rings. The number of esters is 1. The standard InChI is InChI=1S/C17H29N3O6/c1-7-9-26-17(24)19-12(5)16(23)20(6)14(11(3)4)15(22)18-10-13(21)25-8-2/h7,11-12,14H,1,8-10H2,2-6H3,(H,18,22)(H,19,24)/t12-,14-/m0/s1. The van der Waals surface area contributed by atoms with Gasteiger partial charge >= 0.3 is 12.1 Å². The maximum atomic E-state index is 12.5. The van der Waals surface area contributed by atoms with Gasteiger partial charge in [0.1, 0.15) is 25.2 Å². The van der Waals surface area contributed by atoms with E-state index >= 15 is 0 Å². The molecule has 148 valence electrons. The first-order chi connectivity index (χ1) is 12.1. The minimum atomic E-state index is -0.892. The van der Waals surface area contributed by atoms with Crippen LogP contribution in [0, 0.1) is 5.92 Å². The normalized spacial score (nSPS) is 12.5. The second-order valence-corrected chi connectivity index (χ2v) is 5.91. The van der Waals surface area contributed by atoms with E-state index in [1.807, 2.05) is 0 Å². The SMILES string of the molecule is C=CCOC(=O)N[C@@H](C)C(=O)N(C)[C@H](C(=O)NCC(=O)OCC)C(C)C. The van der Waals surface area contributed by atoms with Gasteiger partial charge in [-0.25, -0.2) is 4.79 Å². The van der Waals surface area contributed by atoms with E-state index in [1.165, 1.54) is 24.9 Å². The van der Waals surface area contributed by atoms with Crippen molar-refractivity contribution in [2.75, 3.05) is 26.8 Å². The lowest BCUT2D eigenvalue weighted by Gasteiger charge is -2.32. The third-order valence-electron chi connectivity index (χ3n) is 3.41. The van der Waals surface area contributed by atoms with Crippen LogP contribution in [0.5, 0.6) is 0 Å². The third-order valence-corrected chi connectivity index (χ3v) is 3.41. The topological polar surface area (TPSA) is 114 Å². The van der Waals surface area contributed by atoms with Crippen molar-refractivity contribution in [1.29, 1.82) is 0 Å². The number of carbonyl (C=O) groups is 4. The molecule has 0 aromatic carbocycles. The van der Waals surface area contributed by atoms with Crippen LogP contribution >= 0.6 is 0 Å². The summed E-state index contributed by atoms with van der Waals surface area (Å²) in [6.45, 7) is 10.1. The maximum Gasteiger partial charge on any atom is 0.408 e. The second-order valence-electron chi connectivity index (χ2n) is 5.91. The molecule has 9 heteroatoms. The highest BCUT2D eigenvalue weighted by atomic mass is 16.5. The minimum Gasteiger partial charge on any atom is -0.465 e. The molecule has 26 heavy (non-hydrogen) atoms. The van der Waals surface area contributed by atoms with E-state index in [4.69, 9.17) is 9.47 Å². The molecule has 0 rings (SSSR count). The quantitative estimate of drug-likeness (QED) is 0.426. The molecule has 0 unspecified atom stereocenters. The zero-order valence-corrected chi connectivity index (χ0v) is 16.0. The third kappa shape index (κ3) is 8.00. The van der Waals surface area contributed by atoms with Gasteiger partial charge in [-0.3, -0.25) is 14.4 Å². The Morgan fingerprint density at radius 1 is 1.15 bits per heavy atom. The molecule has 2 N–H and O–H groups in total. The van der Waals surface area contributed by atoms with E-state index in [0.717, 1.165) is 0 Å². The van der Waals surface area contributed by atoms with Gasteiger partial charge in [0.2, 0.25) is 11.8 Å². The van der Waals surface area contributed by atoms with Crippen LogP contribution in [-0.4, -0.2) is 67.7 Å². The average Bonchev–Trinajstić information content (AvgIpc) is 2.57. The molecule has 0 aliphatic carbocycles. The molecular formula is C17H29N3O6. The highest BCUT2D eigenvalue weighted by molar-refractivity contribution is 5.92. The molecule has 0 saturated carbocycles. The van der Waals surface area contributed by atoms with Crippen LogP contribution in [-0.2, 0) is 23.9 Å². The molecule has 0 bridgehead atoms. The summed E-state index contributed by atoms with van der Waals surface area (Å²) in [4.78, 5) is 49.0. The lowest BCUT2D eigenvalue weighted by molar-refractivity contribution is -0.145. The predicted octanol–water partition coefficient (Wildman–Crippen LogP) is 0.449. The predicted molar refractivity (Wildman–Crippen MR) is 95.2 cm³/mol. The Morgan fingerprint density at radius 2 is 1.77 bits per heavy atom. The molecule has 0 aromatic rings. The number of carbonyl (C=O) groups excluding carboxylic acids is 4. The van der Waals surface area contributed by atoms with Crippen LogP contribution in [0.4, 0.5) is 4.79 Å². The van der Waals surface area contributed by atoms with Gasteiger partial charge < -0.3 is 25.0 Å². The summed E-state index contributed by atoms with van der Waals surface area (Å²) < 4.78 is 9.52. The first-order valence-electron chi connectivity index (χ1n) is 8.39. The highest BCUT2D eigenvalue weighted by Gasteiger charge is 2.32. The van der Waals surface area contributed by atoms with Crippen LogP contribution in [0.25, 0.3) is 0 Å². The van der Waals surface area contributed by atoms with Crippen molar-refractivity contribution >= 4 is 23.9 Å². The van der Waals surface area contributed by atoms with E-state index in [-0.39, 0.29) is 25.7 Å². The molecule has 0 radical (unpaired) electrons. The zero-order chi connectivity index (χ0) is 20.3. The van der Waals surface area contributed by atoms with Crippen molar-refractivity contribution in [1.82, 2.24) is 15.5 Å². The van der Waals surface area contributed by atoms with Gasteiger partial charge in [-0.1, -0.05) is 26.5 Å². The van der Waals surface area contributed by atoms with Gasteiger partial charge in [-0.2, -0.15) is 0 Å². The van der Waals surface area contributed by atoms with Crippen LogP contribution in [0.15, 0.2) is 12.7 Å². The lowest BCUT2D eigenvalue weighted by atomic mass is 10.0. The van der Waals surface area contributed by atoms with E-state index in [1.54, 1.807) is 20.8 Å². The van der Waals surface area contributed by atoms with Crippen LogP contribution in [0.2, 0.25) is 0 Å². The second kappa shape index (κ2) is 11.9. The van der Waals surface area contributed by atoms with Gasteiger partial charge in [0, 0.05) is 7.05 Å². The molecule has 3 amide bonds. The molecule has 2 atom stereocenters. The van der Waals surface area contributed by atoms with Gasteiger partial charge in [0.15, 0.2) is 0 Å². The Kier molecular flexibility index (Phi) is 10.7. The van der Waals surface area contributed by atoms with Crippen molar-refractivity contribution in [2.24, 2.45) is 5.92 Å². The fourth-order valence-electron chi connectivity index (χ4n) is 2.26. The number of nitrogens with zero attached hydrogens (tertiary/aromatic N) is 1. The first-order valence-corrected chi connectivity index (χ1v) is 8.39. The lowest BCUT2D eigenvalue weighted by Crippen LogP contribution is -2.55. The number of ether oxygens (including phenoxy) is 2. The maximum absolute atomic E-state index is 12.5. The summed E-state index contributed by atoms with van der Waals surface area (Å²) in [5.74, 6) is -1.72. The van der Waals surface area contributed by atoms with E-state index < -0.39 is 36.0 Å². The van der Waals surface area contributed by atoms with Crippen molar-refractivity contribution in [3.63, 3.8) is 0 Å². The van der Waals surface area contributed by atoms with Gasteiger partial charge in [-0.15, -0.1) is 0 Å². The van der Waals surface area contributed by atoms with Gasteiger partial charge in [0.05, 0.1) is 6.61 Å². The van der Waals surface area contributed by atoms with Crippen LogP contribution < -0.4 is 10.6 Å². The molecule has 0 aromatic heterocycles. The van der Waals surface area contributed by atoms with Crippen molar-refractivity contribution in [3.8, 4) is 0 Å². The Hall–Kier alpha value is -2.58. The van der Waals surface area contributed by atoms with Crippen LogP contribution in [0.3, 0.4) is 0 Å². The van der Waals surface area contributed by atoms with Gasteiger partial charge in [0.25, 0.3) is 0 Å². The van der Waals surface area contributed by atoms with E-state index in [2.05, 4.69) is 17.2 Å². The largest absolute Gasteiger partial charge is 0.465 e. The molecule has 0 saturated heterocycles. The molecule has 0 spiro atoms. The number of nitrogens with one attached hydrogen (secondary N) is 2. The first kappa shape index (κ1) is 23.4. The number of alkyl carbamates (subject to hydrolysis) is 1. The molecule has 9 nitrogen and oxygen atoms in total. The Bertz CT molecular complexity index is 521. The van der Waals surface area contributed by atoms with Crippen molar-refractivity contribution in [3.05, 3.63) is 12.7 Å². The number of hydrogen-bond donors (Lipinski definition) is 2. The summed E-state index contributed by atoms with van der Waals surface area (Å²) in [6.07, 6.45) is 0.646. The fourth-order valence-corrected chi connectivity index (χ4v) is 2.26. The summed E-state index contributed by atoms with van der Waals surface area (Å²) >= 11 is 0. The van der Waals surface area contributed by atoms with Gasteiger partial charge in [-0.05, 0) is 19.8 Å². The summed E-state index contributed by atoms with van der Waals surface area (Å²) in [5, 5.41) is 4.85. The fraction of sp³-hybridized carbons (Fsp3) is 0.647. The number of hydrogen-bond acceptors (Lipinski definition) is 6. The number of rotatable bonds is 10. The number of amides is 3. The summed E-state index contributed by atoms with van der Waals surface area (Å²) in [5.41, 5.74) is 0. The zero-order valence-electron chi connectivity index (χ0n) is 16.0. The molecule has 0 heterocycles. The Morgan fingerprint density at radius 3 is 2.27 bits per heavy atom. The summed E-state index contributed by atoms with van der Waals surface area (Å²) in [6, 6.07) is -1.71. The highest BCUT2D eigenvalue weighted by Crippen LogP contribution is 2.11. The molecule has 0 aliphatic heterocycles. The van der Waals surface area contributed by atoms with Crippen molar-refractivity contribution < 1.29 is 28.7 Å². The Balaban J connectivity index is 4.87. The van der Waals surface area contributed by atoms with Crippen molar-refractivity contribution in [2.45, 2.75) is 39.8 Å². The average molecular weight is 371 g/mol. The number of likely N-dealkylation sites (N-methyl/N-ethyl adjacent to an activating group) is 1. The molecular weight excluding hydrogens is 342 g/mol. The minimum absolute atomic E-state index is 0.0213.